The number of hydrogen-bond donors (Lipinski definition) is 1. The highest BCUT2D eigenvalue weighted by Gasteiger charge is 2.30. The Morgan fingerprint density at radius 2 is 1.64 bits per heavy atom. The first-order chi connectivity index (χ1) is 17.4. The van der Waals surface area contributed by atoms with Crippen molar-refractivity contribution >= 4 is 52.2 Å². The third-order valence-electron chi connectivity index (χ3n) is 6.34. The van der Waals surface area contributed by atoms with Gasteiger partial charge in [-0.15, -0.1) is 11.3 Å². The molecule has 190 valence electrons. The highest BCUT2D eigenvalue weighted by Crippen LogP contribution is 2.31. The summed E-state index contributed by atoms with van der Waals surface area (Å²) in [6.07, 6.45) is 4.79. The van der Waals surface area contributed by atoms with Gasteiger partial charge in [0.05, 0.1) is 22.3 Å². The molecule has 0 spiro atoms. The molecule has 1 heterocycles. The van der Waals surface area contributed by atoms with E-state index in [1.54, 1.807) is 51.5 Å². The van der Waals surface area contributed by atoms with E-state index in [1.807, 2.05) is 17.5 Å². The van der Waals surface area contributed by atoms with E-state index < -0.39 is 6.03 Å². The van der Waals surface area contributed by atoms with Gasteiger partial charge < -0.3 is 15.1 Å². The molecule has 1 aliphatic carbocycles. The zero-order valence-corrected chi connectivity index (χ0v) is 22.1. The first kappa shape index (κ1) is 26.5. The quantitative estimate of drug-likeness (QED) is 0.315. The fraction of sp³-hybridized carbons (Fsp3) is 0.333. The van der Waals surface area contributed by atoms with Gasteiger partial charge >= 0.3 is 6.03 Å². The summed E-state index contributed by atoms with van der Waals surface area (Å²) in [5, 5.41) is 5.47. The Labute approximate surface area is 224 Å². The number of rotatable bonds is 8. The van der Waals surface area contributed by atoms with E-state index >= 15 is 0 Å². The maximum Gasteiger partial charge on any atom is 0.322 e. The van der Waals surface area contributed by atoms with Crippen LogP contribution < -0.4 is 5.32 Å². The first-order valence-electron chi connectivity index (χ1n) is 12.0. The van der Waals surface area contributed by atoms with Crippen LogP contribution in [-0.4, -0.2) is 34.3 Å². The summed E-state index contributed by atoms with van der Waals surface area (Å²) >= 11 is 14.1. The average molecular weight is 549 g/mol. The molecule has 1 aromatic heterocycles. The van der Waals surface area contributed by atoms with Gasteiger partial charge in [-0.2, -0.15) is 0 Å². The van der Waals surface area contributed by atoms with Gasteiger partial charge in [0.2, 0.25) is 5.91 Å². The van der Waals surface area contributed by atoms with Crippen LogP contribution >= 0.6 is 34.5 Å². The normalized spacial score (nSPS) is 13.9. The number of nitrogens with one attached hydrogen (secondary N) is 1. The maximum atomic E-state index is 13.7. The van der Waals surface area contributed by atoms with Crippen molar-refractivity contribution in [1.29, 1.82) is 0 Å². The van der Waals surface area contributed by atoms with Crippen molar-refractivity contribution in [2.45, 2.75) is 51.2 Å². The minimum Gasteiger partial charge on any atom is -0.332 e. The Bertz CT molecular complexity index is 1150. The molecule has 36 heavy (non-hydrogen) atoms. The number of halogens is 3. The summed E-state index contributed by atoms with van der Waals surface area (Å²) in [5.74, 6) is -0.507. The molecule has 2 aromatic carbocycles. The van der Waals surface area contributed by atoms with Crippen molar-refractivity contribution in [3.8, 4) is 0 Å². The lowest BCUT2D eigenvalue weighted by molar-refractivity contribution is -0.133. The minimum atomic E-state index is -0.400. The molecule has 4 rings (SSSR count). The molecule has 3 aromatic rings. The van der Waals surface area contributed by atoms with Crippen LogP contribution in [0.25, 0.3) is 0 Å². The smallest absolute Gasteiger partial charge is 0.322 e. The summed E-state index contributed by atoms with van der Waals surface area (Å²) in [7, 11) is 0. The molecule has 5 nitrogen and oxygen atoms in total. The molecule has 1 N–H and O–H groups in total. The van der Waals surface area contributed by atoms with Gasteiger partial charge in [0.25, 0.3) is 0 Å². The number of anilines is 1. The third-order valence-corrected chi connectivity index (χ3v) is 7.83. The molecule has 0 saturated heterocycles. The molecule has 0 bridgehead atoms. The molecular formula is C27H28Cl2FN3O2S. The van der Waals surface area contributed by atoms with Crippen molar-refractivity contribution in [3.05, 3.63) is 86.3 Å². The number of benzene rings is 2. The Morgan fingerprint density at radius 3 is 2.28 bits per heavy atom. The molecular weight excluding hydrogens is 520 g/mol. The predicted molar refractivity (Wildman–Crippen MR) is 144 cm³/mol. The number of para-hydroxylation sites is 1. The van der Waals surface area contributed by atoms with E-state index in [0.29, 0.717) is 28.8 Å². The summed E-state index contributed by atoms with van der Waals surface area (Å²) in [6, 6.07) is 14.6. The first-order valence-corrected chi connectivity index (χ1v) is 13.6. The van der Waals surface area contributed by atoms with E-state index in [4.69, 9.17) is 23.2 Å². The van der Waals surface area contributed by atoms with Crippen LogP contribution in [0.4, 0.5) is 14.9 Å². The summed E-state index contributed by atoms with van der Waals surface area (Å²) in [5.41, 5.74) is 1.15. The largest absolute Gasteiger partial charge is 0.332 e. The number of hydrogen-bond acceptors (Lipinski definition) is 3. The van der Waals surface area contributed by atoms with Crippen molar-refractivity contribution in [2.75, 3.05) is 11.9 Å². The van der Waals surface area contributed by atoms with Crippen LogP contribution in [0.15, 0.2) is 60.0 Å². The number of amides is 3. The second-order valence-electron chi connectivity index (χ2n) is 8.90. The van der Waals surface area contributed by atoms with Gasteiger partial charge in [0, 0.05) is 17.5 Å². The molecule has 1 fully saturated rings. The number of thiophene rings is 1. The highest BCUT2D eigenvalue weighted by atomic mass is 35.5. The highest BCUT2D eigenvalue weighted by molar-refractivity contribution is 7.09. The number of carbonyl (C=O) groups is 2. The van der Waals surface area contributed by atoms with Gasteiger partial charge in [-0.1, -0.05) is 66.7 Å². The predicted octanol–water partition coefficient (Wildman–Crippen LogP) is 7.59. The second kappa shape index (κ2) is 12.6. The van der Waals surface area contributed by atoms with Crippen molar-refractivity contribution in [1.82, 2.24) is 9.80 Å². The lowest BCUT2D eigenvalue weighted by atomic mass is 9.94. The zero-order valence-electron chi connectivity index (χ0n) is 19.8. The second-order valence-corrected chi connectivity index (χ2v) is 10.7. The standard InChI is InChI=1S/C27H28Cl2FN3O2S/c28-23-9-4-10-24(29)26(23)31-27(35)33(21-6-2-1-3-7-21)18-25(34)32(17-22-8-5-15-36-22)16-19-11-13-20(30)14-12-19/h4-5,8-15,21H,1-3,6-7,16-18H2,(H,31,35). The molecule has 0 aliphatic heterocycles. The molecule has 1 saturated carbocycles. The lowest BCUT2D eigenvalue weighted by Crippen LogP contribution is -2.49. The van der Waals surface area contributed by atoms with Gasteiger partial charge in [0.1, 0.15) is 12.4 Å². The SMILES string of the molecule is O=C(CN(C(=O)Nc1c(Cl)cccc1Cl)C1CCCCC1)N(Cc1ccc(F)cc1)Cc1cccs1. The van der Waals surface area contributed by atoms with Crippen LogP contribution in [0.5, 0.6) is 0 Å². The van der Waals surface area contributed by atoms with Gasteiger partial charge in [0.15, 0.2) is 0 Å². The Hall–Kier alpha value is -2.61. The lowest BCUT2D eigenvalue weighted by Gasteiger charge is -2.35. The molecule has 1 aliphatic rings. The summed E-state index contributed by atoms with van der Waals surface area (Å²) in [4.78, 5) is 31.5. The topological polar surface area (TPSA) is 52.7 Å². The summed E-state index contributed by atoms with van der Waals surface area (Å²) < 4.78 is 13.4. The fourth-order valence-corrected chi connectivity index (χ4v) is 5.65. The number of carbonyl (C=O) groups excluding carboxylic acids is 2. The van der Waals surface area contributed by atoms with Crippen molar-refractivity contribution < 1.29 is 14.0 Å². The number of urea groups is 1. The van der Waals surface area contributed by atoms with Crippen LogP contribution in [0.1, 0.15) is 42.5 Å². The fourth-order valence-electron chi connectivity index (χ4n) is 4.43. The van der Waals surface area contributed by atoms with Crippen LogP contribution in [0.3, 0.4) is 0 Å². The zero-order chi connectivity index (χ0) is 25.5. The number of nitrogens with zero attached hydrogens (tertiary/aromatic N) is 2. The van der Waals surface area contributed by atoms with E-state index in [-0.39, 0.29) is 24.3 Å². The van der Waals surface area contributed by atoms with E-state index in [1.165, 1.54) is 12.1 Å². The van der Waals surface area contributed by atoms with Crippen LogP contribution in [0, 0.1) is 5.82 Å². The molecule has 0 unspecified atom stereocenters. The van der Waals surface area contributed by atoms with Crippen molar-refractivity contribution in [3.63, 3.8) is 0 Å². The van der Waals surface area contributed by atoms with Crippen LogP contribution in [-0.2, 0) is 17.9 Å². The third kappa shape index (κ3) is 6.99. The molecule has 0 atom stereocenters. The molecule has 9 heteroatoms. The van der Waals surface area contributed by atoms with Crippen molar-refractivity contribution in [2.24, 2.45) is 0 Å². The van der Waals surface area contributed by atoms with Gasteiger partial charge in [-0.25, -0.2) is 9.18 Å². The Kier molecular flexibility index (Phi) is 9.24. The van der Waals surface area contributed by atoms with E-state index in [0.717, 1.165) is 42.5 Å². The Morgan fingerprint density at radius 1 is 0.944 bits per heavy atom. The molecule has 0 radical (unpaired) electrons. The summed E-state index contributed by atoms with van der Waals surface area (Å²) in [6.45, 7) is 0.642. The molecule has 3 amide bonds. The Balaban J connectivity index is 1.56. The van der Waals surface area contributed by atoms with E-state index in [2.05, 4.69) is 5.32 Å². The monoisotopic (exact) mass is 547 g/mol. The van der Waals surface area contributed by atoms with Crippen LogP contribution in [0.2, 0.25) is 10.0 Å². The maximum absolute atomic E-state index is 13.7. The van der Waals surface area contributed by atoms with E-state index in [9.17, 15) is 14.0 Å². The van der Waals surface area contributed by atoms with Gasteiger partial charge in [-0.05, 0) is 54.1 Å². The van der Waals surface area contributed by atoms with Gasteiger partial charge in [-0.3, -0.25) is 4.79 Å². The minimum absolute atomic E-state index is 0.0571. The average Bonchev–Trinajstić information content (AvgIpc) is 3.39.